The number of aromatic nitrogens is 1. The zero-order valence-corrected chi connectivity index (χ0v) is 11.2. The second kappa shape index (κ2) is 5.31. The van der Waals surface area contributed by atoms with Crippen molar-refractivity contribution >= 4 is 16.6 Å². The number of nitrogens with zero attached hydrogens (tertiary/aromatic N) is 1. The van der Waals surface area contributed by atoms with Crippen molar-refractivity contribution in [1.29, 1.82) is 0 Å². The number of rotatable bonds is 3. The van der Waals surface area contributed by atoms with Gasteiger partial charge in [-0.3, -0.25) is 0 Å². The van der Waals surface area contributed by atoms with Crippen molar-refractivity contribution in [2.24, 2.45) is 5.73 Å². The van der Waals surface area contributed by atoms with Crippen LogP contribution in [0.5, 0.6) is 0 Å². The van der Waals surface area contributed by atoms with Crippen LogP contribution in [0.3, 0.4) is 0 Å². The van der Waals surface area contributed by atoms with Gasteiger partial charge < -0.3 is 11.5 Å². The molecular weight excluding hydrogens is 246 g/mol. The molecule has 0 aliphatic carbocycles. The van der Waals surface area contributed by atoms with Crippen molar-refractivity contribution in [3.63, 3.8) is 0 Å². The van der Waals surface area contributed by atoms with Crippen molar-refractivity contribution in [3.05, 3.63) is 71.9 Å². The molecule has 2 aromatic carbocycles. The number of pyridine rings is 1. The summed E-state index contributed by atoms with van der Waals surface area (Å²) in [5.41, 5.74) is 14.3. The van der Waals surface area contributed by atoms with E-state index in [4.69, 9.17) is 11.5 Å². The molecule has 1 atom stereocenters. The Bertz CT molecular complexity index is 737. The largest absolute Gasteiger partial charge is 0.383 e. The molecule has 0 spiro atoms. The summed E-state index contributed by atoms with van der Waals surface area (Å²) >= 11 is 0. The highest BCUT2D eigenvalue weighted by Gasteiger charge is 2.10. The van der Waals surface area contributed by atoms with Crippen molar-refractivity contribution in [2.45, 2.75) is 12.5 Å². The maximum Gasteiger partial charge on any atom is 0.126 e. The fraction of sp³-hybridized carbons (Fsp3) is 0.118. The summed E-state index contributed by atoms with van der Waals surface area (Å²) in [6, 6.07) is 18.4. The van der Waals surface area contributed by atoms with E-state index in [1.165, 1.54) is 10.8 Å². The Labute approximate surface area is 118 Å². The highest BCUT2D eigenvalue weighted by atomic mass is 14.8. The molecule has 0 radical (unpaired) electrons. The minimum absolute atomic E-state index is 0.0777. The van der Waals surface area contributed by atoms with E-state index in [1.807, 2.05) is 24.3 Å². The maximum absolute atomic E-state index is 6.30. The third kappa shape index (κ3) is 2.49. The standard InChI is InChI=1S/C17H17N3/c18-16(11-15-6-3-9-20-17(15)19)14-8-7-12-4-1-2-5-13(12)10-14/h1-10,16H,11,18H2,(H2,19,20). The Morgan fingerprint density at radius 2 is 1.75 bits per heavy atom. The van der Waals surface area contributed by atoms with E-state index in [1.54, 1.807) is 6.20 Å². The van der Waals surface area contributed by atoms with Gasteiger partial charge in [0.25, 0.3) is 0 Å². The molecule has 1 unspecified atom stereocenters. The number of hydrogen-bond acceptors (Lipinski definition) is 3. The van der Waals surface area contributed by atoms with Gasteiger partial charge in [0, 0.05) is 12.2 Å². The Kier molecular flexibility index (Phi) is 3.35. The van der Waals surface area contributed by atoms with E-state index in [9.17, 15) is 0 Å². The summed E-state index contributed by atoms with van der Waals surface area (Å²) in [6.07, 6.45) is 2.39. The van der Waals surface area contributed by atoms with E-state index >= 15 is 0 Å². The van der Waals surface area contributed by atoms with Crippen LogP contribution in [0, 0.1) is 0 Å². The lowest BCUT2D eigenvalue weighted by atomic mass is 9.97. The average Bonchev–Trinajstić information content (AvgIpc) is 2.49. The monoisotopic (exact) mass is 263 g/mol. The molecule has 0 aliphatic rings. The Hall–Kier alpha value is -2.39. The molecule has 0 fully saturated rings. The number of benzene rings is 2. The predicted molar refractivity (Wildman–Crippen MR) is 83.2 cm³/mol. The minimum Gasteiger partial charge on any atom is -0.383 e. The van der Waals surface area contributed by atoms with Gasteiger partial charge in [0.2, 0.25) is 0 Å². The Morgan fingerprint density at radius 3 is 2.55 bits per heavy atom. The fourth-order valence-corrected chi connectivity index (χ4v) is 2.42. The first kappa shape index (κ1) is 12.6. The van der Waals surface area contributed by atoms with E-state index < -0.39 is 0 Å². The van der Waals surface area contributed by atoms with Crippen LogP contribution < -0.4 is 11.5 Å². The summed E-state index contributed by atoms with van der Waals surface area (Å²) in [4.78, 5) is 4.10. The van der Waals surface area contributed by atoms with Crippen LogP contribution in [0.1, 0.15) is 17.2 Å². The van der Waals surface area contributed by atoms with Crippen LogP contribution in [-0.2, 0) is 6.42 Å². The molecule has 3 heteroatoms. The molecular formula is C17H17N3. The predicted octanol–water partition coefficient (Wildman–Crippen LogP) is 3.06. The van der Waals surface area contributed by atoms with Crippen molar-refractivity contribution in [3.8, 4) is 0 Å². The number of fused-ring (bicyclic) bond motifs is 1. The number of anilines is 1. The first-order valence-electron chi connectivity index (χ1n) is 6.68. The van der Waals surface area contributed by atoms with E-state index in [2.05, 4.69) is 35.3 Å². The number of nitrogen functional groups attached to an aromatic ring is 1. The highest BCUT2D eigenvalue weighted by molar-refractivity contribution is 5.83. The molecule has 0 saturated heterocycles. The van der Waals surface area contributed by atoms with Crippen LogP contribution in [0.2, 0.25) is 0 Å². The van der Waals surface area contributed by atoms with Crippen LogP contribution in [0.15, 0.2) is 60.8 Å². The quantitative estimate of drug-likeness (QED) is 0.763. The van der Waals surface area contributed by atoms with Crippen LogP contribution in [-0.4, -0.2) is 4.98 Å². The molecule has 0 bridgehead atoms. The number of nitrogens with two attached hydrogens (primary N) is 2. The lowest BCUT2D eigenvalue weighted by Gasteiger charge is -2.14. The summed E-state index contributed by atoms with van der Waals surface area (Å²) in [7, 11) is 0. The van der Waals surface area contributed by atoms with Gasteiger partial charge in [-0.25, -0.2) is 4.98 Å². The normalized spacial score (nSPS) is 12.4. The van der Waals surface area contributed by atoms with E-state index in [0.29, 0.717) is 12.2 Å². The van der Waals surface area contributed by atoms with Gasteiger partial charge in [-0.1, -0.05) is 42.5 Å². The Balaban J connectivity index is 1.89. The average molecular weight is 263 g/mol. The second-order valence-electron chi connectivity index (χ2n) is 4.96. The van der Waals surface area contributed by atoms with Gasteiger partial charge in [-0.05, 0) is 40.5 Å². The van der Waals surface area contributed by atoms with Crippen LogP contribution in [0.25, 0.3) is 10.8 Å². The third-order valence-corrected chi connectivity index (χ3v) is 3.57. The summed E-state index contributed by atoms with van der Waals surface area (Å²) in [5, 5.41) is 2.43. The molecule has 4 N–H and O–H groups in total. The summed E-state index contributed by atoms with van der Waals surface area (Å²) in [6.45, 7) is 0. The van der Waals surface area contributed by atoms with Gasteiger partial charge in [-0.2, -0.15) is 0 Å². The maximum atomic E-state index is 6.30. The molecule has 1 aromatic heterocycles. The Morgan fingerprint density at radius 1 is 0.950 bits per heavy atom. The smallest absolute Gasteiger partial charge is 0.126 e. The van der Waals surface area contributed by atoms with Gasteiger partial charge in [0.05, 0.1) is 0 Å². The number of hydrogen-bond donors (Lipinski definition) is 2. The zero-order valence-electron chi connectivity index (χ0n) is 11.2. The second-order valence-corrected chi connectivity index (χ2v) is 4.96. The van der Waals surface area contributed by atoms with Crippen molar-refractivity contribution in [1.82, 2.24) is 4.98 Å². The zero-order chi connectivity index (χ0) is 13.9. The molecule has 1 heterocycles. The topological polar surface area (TPSA) is 64.9 Å². The first-order valence-corrected chi connectivity index (χ1v) is 6.68. The molecule has 100 valence electrons. The molecule has 3 aromatic rings. The molecule has 3 rings (SSSR count). The molecule has 0 saturated carbocycles. The first-order chi connectivity index (χ1) is 9.74. The molecule has 3 nitrogen and oxygen atoms in total. The van der Waals surface area contributed by atoms with Gasteiger partial charge in [0.15, 0.2) is 0 Å². The van der Waals surface area contributed by atoms with E-state index in [0.717, 1.165) is 11.1 Å². The fourth-order valence-electron chi connectivity index (χ4n) is 2.42. The summed E-state index contributed by atoms with van der Waals surface area (Å²) < 4.78 is 0. The van der Waals surface area contributed by atoms with Crippen molar-refractivity contribution < 1.29 is 0 Å². The van der Waals surface area contributed by atoms with Crippen LogP contribution in [0.4, 0.5) is 5.82 Å². The summed E-state index contributed by atoms with van der Waals surface area (Å²) in [5.74, 6) is 0.559. The molecule has 20 heavy (non-hydrogen) atoms. The minimum atomic E-state index is -0.0777. The van der Waals surface area contributed by atoms with Gasteiger partial charge in [-0.15, -0.1) is 0 Å². The van der Waals surface area contributed by atoms with Crippen LogP contribution >= 0.6 is 0 Å². The van der Waals surface area contributed by atoms with Gasteiger partial charge in [0.1, 0.15) is 5.82 Å². The molecule has 0 amide bonds. The van der Waals surface area contributed by atoms with Crippen molar-refractivity contribution in [2.75, 3.05) is 5.73 Å². The molecule has 0 aliphatic heterocycles. The third-order valence-electron chi connectivity index (χ3n) is 3.57. The van der Waals surface area contributed by atoms with E-state index in [-0.39, 0.29) is 6.04 Å². The lowest BCUT2D eigenvalue weighted by Crippen LogP contribution is -2.14. The highest BCUT2D eigenvalue weighted by Crippen LogP contribution is 2.22. The van der Waals surface area contributed by atoms with Gasteiger partial charge >= 0.3 is 0 Å². The lowest BCUT2D eigenvalue weighted by molar-refractivity contribution is 0.722. The SMILES string of the molecule is Nc1ncccc1CC(N)c1ccc2ccccc2c1.